The first-order valence-corrected chi connectivity index (χ1v) is 22.7. The molecule has 2 atom stereocenters. The standard InChI is InChI=1S/C46H88N2O4/c1-4-7-10-13-16-18-20-22-24-26-28-30-32-35-38-41-44(49)51-46(48,42-47)52-45(50)43(39-36-33-15-12-9-6-3)40-37-34-31-29-27-25-23-21-19-17-14-11-8-5-2/h22-25,43H,4-21,26-42,47-48H2,1-3H3/b24-22-,25-23-. The molecule has 0 aromatic carbocycles. The van der Waals surface area contributed by atoms with Crippen LogP contribution in [0.25, 0.3) is 0 Å². The summed E-state index contributed by atoms with van der Waals surface area (Å²) in [5.74, 6) is -2.99. The van der Waals surface area contributed by atoms with Gasteiger partial charge in [0.2, 0.25) is 0 Å². The van der Waals surface area contributed by atoms with E-state index in [2.05, 4.69) is 45.1 Å². The number of hydrogen-bond donors (Lipinski definition) is 2. The van der Waals surface area contributed by atoms with Crippen molar-refractivity contribution in [1.82, 2.24) is 0 Å². The molecule has 0 aliphatic carbocycles. The summed E-state index contributed by atoms with van der Waals surface area (Å²) in [6, 6.07) is 0. The van der Waals surface area contributed by atoms with E-state index in [0.717, 1.165) is 83.5 Å². The zero-order valence-corrected chi connectivity index (χ0v) is 34.9. The number of esters is 2. The van der Waals surface area contributed by atoms with E-state index in [1.54, 1.807) is 0 Å². The van der Waals surface area contributed by atoms with Crippen molar-refractivity contribution in [2.24, 2.45) is 17.4 Å². The zero-order chi connectivity index (χ0) is 38.2. The Morgan fingerprint density at radius 2 is 0.808 bits per heavy atom. The number of allylic oxidation sites excluding steroid dienone is 4. The van der Waals surface area contributed by atoms with Crippen LogP contribution in [0.5, 0.6) is 0 Å². The first kappa shape index (κ1) is 50.3. The molecule has 0 amide bonds. The minimum absolute atomic E-state index is 0.248. The smallest absolute Gasteiger partial charge is 0.328 e. The summed E-state index contributed by atoms with van der Waals surface area (Å²) in [4.78, 5) is 26.0. The van der Waals surface area contributed by atoms with Gasteiger partial charge in [0.1, 0.15) is 0 Å². The molecular weight excluding hydrogens is 645 g/mol. The maximum atomic E-state index is 13.4. The van der Waals surface area contributed by atoms with Crippen molar-refractivity contribution in [2.45, 2.75) is 245 Å². The van der Waals surface area contributed by atoms with Crippen LogP contribution >= 0.6 is 0 Å². The molecule has 6 heteroatoms. The van der Waals surface area contributed by atoms with E-state index >= 15 is 0 Å². The number of rotatable bonds is 40. The van der Waals surface area contributed by atoms with Gasteiger partial charge in [-0.15, -0.1) is 0 Å². The SMILES string of the molecule is CCCCCCCC/C=C\CCCCCCCC(=O)OC(N)(CN)OC(=O)C(CCCCCC/C=C\CCCCCCCC)CCCCCCCC. The Balaban J connectivity index is 4.42. The number of hydrogen-bond acceptors (Lipinski definition) is 6. The Morgan fingerprint density at radius 1 is 0.481 bits per heavy atom. The van der Waals surface area contributed by atoms with Crippen LogP contribution in [-0.4, -0.2) is 24.4 Å². The van der Waals surface area contributed by atoms with Gasteiger partial charge in [0, 0.05) is 6.42 Å². The first-order valence-electron chi connectivity index (χ1n) is 22.7. The third-order valence-electron chi connectivity index (χ3n) is 10.3. The van der Waals surface area contributed by atoms with Gasteiger partial charge in [-0.25, -0.2) is 0 Å². The summed E-state index contributed by atoms with van der Waals surface area (Å²) < 4.78 is 11.1. The molecule has 0 heterocycles. The fourth-order valence-corrected chi connectivity index (χ4v) is 6.78. The van der Waals surface area contributed by atoms with E-state index in [-0.39, 0.29) is 24.9 Å². The molecule has 52 heavy (non-hydrogen) atoms. The van der Waals surface area contributed by atoms with Crippen molar-refractivity contribution in [3.05, 3.63) is 24.3 Å². The predicted molar refractivity (Wildman–Crippen MR) is 224 cm³/mol. The zero-order valence-electron chi connectivity index (χ0n) is 34.9. The minimum Gasteiger partial charge on any atom is -0.407 e. The summed E-state index contributed by atoms with van der Waals surface area (Å²) >= 11 is 0. The monoisotopic (exact) mass is 733 g/mol. The maximum absolute atomic E-state index is 13.4. The van der Waals surface area contributed by atoms with E-state index in [1.165, 1.54) is 128 Å². The molecule has 0 spiro atoms. The number of ether oxygens (including phenoxy) is 2. The minimum atomic E-state index is -1.91. The molecule has 306 valence electrons. The molecule has 0 aliphatic rings. The van der Waals surface area contributed by atoms with Gasteiger partial charge in [-0.3, -0.25) is 15.3 Å². The summed E-state index contributed by atoms with van der Waals surface area (Å²) in [5.41, 5.74) is 12.2. The molecule has 0 bridgehead atoms. The quantitative estimate of drug-likeness (QED) is 0.0281. The van der Waals surface area contributed by atoms with Gasteiger partial charge in [0.25, 0.3) is 0 Å². The van der Waals surface area contributed by atoms with Crippen molar-refractivity contribution < 1.29 is 19.1 Å². The van der Waals surface area contributed by atoms with Crippen LogP contribution in [0.3, 0.4) is 0 Å². The molecule has 0 radical (unpaired) electrons. The Kier molecular flexibility index (Phi) is 37.8. The molecule has 0 aromatic rings. The molecule has 2 unspecified atom stereocenters. The van der Waals surface area contributed by atoms with Crippen LogP contribution < -0.4 is 11.5 Å². The number of nitrogens with two attached hydrogens (primary N) is 2. The Labute approximate surface area is 323 Å². The summed E-state index contributed by atoms with van der Waals surface area (Å²) in [7, 11) is 0. The molecule has 0 saturated carbocycles. The highest BCUT2D eigenvalue weighted by atomic mass is 16.7. The normalized spacial score (nSPS) is 13.6. The molecule has 0 fully saturated rings. The van der Waals surface area contributed by atoms with Crippen LogP contribution in [0.2, 0.25) is 0 Å². The average molecular weight is 733 g/mol. The van der Waals surface area contributed by atoms with Crippen molar-refractivity contribution in [3.8, 4) is 0 Å². The predicted octanol–water partition coefficient (Wildman–Crippen LogP) is 13.7. The van der Waals surface area contributed by atoms with Crippen molar-refractivity contribution >= 4 is 11.9 Å². The second kappa shape index (κ2) is 39.0. The third-order valence-corrected chi connectivity index (χ3v) is 10.3. The molecule has 4 N–H and O–H groups in total. The highest BCUT2D eigenvalue weighted by Crippen LogP contribution is 2.23. The fraction of sp³-hybridized carbons (Fsp3) is 0.870. The molecule has 0 rings (SSSR count). The second-order valence-electron chi connectivity index (χ2n) is 15.5. The van der Waals surface area contributed by atoms with Crippen LogP contribution in [0, 0.1) is 5.92 Å². The van der Waals surface area contributed by atoms with Crippen molar-refractivity contribution in [2.75, 3.05) is 6.54 Å². The van der Waals surface area contributed by atoms with Crippen LogP contribution in [0.15, 0.2) is 24.3 Å². The molecule has 6 nitrogen and oxygen atoms in total. The van der Waals surface area contributed by atoms with Crippen molar-refractivity contribution in [3.63, 3.8) is 0 Å². The van der Waals surface area contributed by atoms with Crippen LogP contribution in [0.4, 0.5) is 0 Å². The number of unbranched alkanes of at least 4 members (excludes halogenated alkanes) is 26. The Bertz CT molecular complexity index is 844. The summed E-state index contributed by atoms with van der Waals surface area (Å²) in [6.45, 7) is 6.49. The molecule has 0 saturated heterocycles. The Morgan fingerprint density at radius 3 is 1.17 bits per heavy atom. The van der Waals surface area contributed by atoms with Gasteiger partial charge in [-0.05, 0) is 70.6 Å². The molecule has 0 aromatic heterocycles. The van der Waals surface area contributed by atoms with Gasteiger partial charge in [0.15, 0.2) is 0 Å². The van der Waals surface area contributed by atoms with E-state index in [9.17, 15) is 9.59 Å². The summed E-state index contributed by atoms with van der Waals surface area (Å²) in [6.07, 6.45) is 48.6. The van der Waals surface area contributed by atoms with Crippen LogP contribution in [-0.2, 0) is 19.1 Å². The fourth-order valence-electron chi connectivity index (χ4n) is 6.78. The third kappa shape index (κ3) is 34.1. The largest absolute Gasteiger partial charge is 0.407 e. The van der Waals surface area contributed by atoms with E-state index in [0.29, 0.717) is 0 Å². The topological polar surface area (TPSA) is 105 Å². The van der Waals surface area contributed by atoms with Gasteiger partial charge in [0.05, 0.1) is 12.5 Å². The Hall–Kier alpha value is -1.66. The highest BCUT2D eigenvalue weighted by Gasteiger charge is 2.35. The first-order chi connectivity index (χ1) is 25.4. The van der Waals surface area contributed by atoms with E-state index in [4.69, 9.17) is 20.9 Å². The summed E-state index contributed by atoms with van der Waals surface area (Å²) in [5, 5.41) is 0. The van der Waals surface area contributed by atoms with Crippen LogP contribution in [0.1, 0.15) is 239 Å². The molecule has 0 aliphatic heterocycles. The second-order valence-corrected chi connectivity index (χ2v) is 15.5. The van der Waals surface area contributed by atoms with Crippen molar-refractivity contribution in [1.29, 1.82) is 0 Å². The van der Waals surface area contributed by atoms with Gasteiger partial charge < -0.3 is 15.2 Å². The lowest BCUT2D eigenvalue weighted by Gasteiger charge is -2.29. The molecular formula is C46H88N2O4. The van der Waals surface area contributed by atoms with Gasteiger partial charge in [-0.1, -0.05) is 186 Å². The lowest BCUT2D eigenvalue weighted by molar-refractivity contribution is -0.226. The van der Waals surface area contributed by atoms with Gasteiger partial charge >= 0.3 is 17.8 Å². The van der Waals surface area contributed by atoms with E-state index in [1.807, 2.05) is 0 Å². The number of carbonyl (C=O) groups is 2. The maximum Gasteiger partial charge on any atom is 0.328 e. The van der Waals surface area contributed by atoms with Gasteiger partial charge in [-0.2, -0.15) is 0 Å². The lowest BCUT2D eigenvalue weighted by Crippen LogP contribution is -2.55. The van der Waals surface area contributed by atoms with E-state index < -0.39 is 11.9 Å². The highest BCUT2D eigenvalue weighted by molar-refractivity contribution is 5.74. The average Bonchev–Trinajstić information content (AvgIpc) is 3.13. The lowest BCUT2D eigenvalue weighted by atomic mass is 9.94. The number of carbonyl (C=O) groups excluding carboxylic acids is 2.